The maximum absolute atomic E-state index is 10.0. The molecule has 3 N–H and O–H groups in total. The van der Waals surface area contributed by atoms with Gasteiger partial charge in [0.05, 0.1) is 26.4 Å². The number of ether oxygens (including phenoxy) is 2. The lowest BCUT2D eigenvalue weighted by atomic mass is 9.75. The second-order valence-corrected chi connectivity index (χ2v) is 6.97. The number of pyridine rings is 1. The third kappa shape index (κ3) is 7.01. The standard InChI is InChI=1S/C21H30BNO6/c1-4-7-28-21-9-16(5-6-20(21)27-3)17-8-18(12-23-11-17)19(13-24)10-22(26)29-14-15(2)25/h5-6,8-9,11-12,15,19,24-26H,4,7,10,13-14H2,1-3H3/t15-,19-/m0/s1. The third-order valence-corrected chi connectivity index (χ3v) is 4.43. The van der Waals surface area contributed by atoms with E-state index in [1.54, 1.807) is 26.4 Å². The molecule has 0 fully saturated rings. The van der Waals surface area contributed by atoms with E-state index in [1.807, 2.05) is 31.2 Å². The van der Waals surface area contributed by atoms with Crippen molar-refractivity contribution in [3.63, 3.8) is 0 Å². The normalized spacial score (nSPS) is 13.0. The van der Waals surface area contributed by atoms with Gasteiger partial charge in [0.1, 0.15) is 0 Å². The second-order valence-electron chi connectivity index (χ2n) is 6.97. The highest BCUT2D eigenvalue weighted by Gasteiger charge is 2.22. The van der Waals surface area contributed by atoms with Gasteiger partial charge in [0, 0.05) is 30.5 Å². The minimum absolute atomic E-state index is 0.0317. The number of methoxy groups -OCH3 is 1. The van der Waals surface area contributed by atoms with Crippen LogP contribution in [0.3, 0.4) is 0 Å². The first kappa shape index (κ1) is 23.2. The maximum atomic E-state index is 10.0. The largest absolute Gasteiger partial charge is 0.493 e. The number of hydrogen-bond donors (Lipinski definition) is 3. The van der Waals surface area contributed by atoms with Crippen LogP contribution in [0.5, 0.6) is 11.5 Å². The predicted octanol–water partition coefficient (Wildman–Crippen LogP) is 2.50. The number of benzene rings is 1. The van der Waals surface area contributed by atoms with Gasteiger partial charge >= 0.3 is 7.12 Å². The summed E-state index contributed by atoms with van der Waals surface area (Å²) >= 11 is 0. The topological polar surface area (TPSA) is 101 Å². The molecule has 1 heterocycles. The summed E-state index contributed by atoms with van der Waals surface area (Å²) in [5, 5.41) is 29.1. The molecule has 0 aliphatic carbocycles. The molecule has 7 nitrogen and oxygen atoms in total. The molecule has 29 heavy (non-hydrogen) atoms. The summed E-state index contributed by atoms with van der Waals surface area (Å²) in [6.07, 6.45) is 3.83. The Bertz CT molecular complexity index is 758. The summed E-state index contributed by atoms with van der Waals surface area (Å²) in [6.45, 7) is 4.09. The van der Waals surface area contributed by atoms with Crippen LogP contribution in [-0.4, -0.2) is 60.4 Å². The average molecular weight is 403 g/mol. The number of hydrogen-bond acceptors (Lipinski definition) is 7. The number of aliphatic hydroxyl groups is 2. The molecule has 0 aliphatic heterocycles. The van der Waals surface area contributed by atoms with Crippen molar-refractivity contribution in [1.82, 2.24) is 4.98 Å². The zero-order valence-corrected chi connectivity index (χ0v) is 17.2. The highest BCUT2D eigenvalue weighted by molar-refractivity contribution is 6.43. The Morgan fingerprint density at radius 2 is 1.93 bits per heavy atom. The van der Waals surface area contributed by atoms with Crippen LogP contribution in [0.2, 0.25) is 6.32 Å². The van der Waals surface area contributed by atoms with Crippen LogP contribution < -0.4 is 9.47 Å². The van der Waals surface area contributed by atoms with Gasteiger partial charge in [0.25, 0.3) is 0 Å². The molecule has 0 spiro atoms. The summed E-state index contributed by atoms with van der Waals surface area (Å²) in [5.74, 6) is 0.983. The lowest BCUT2D eigenvalue weighted by Crippen LogP contribution is -2.26. The van der Waals surface area contributed by atoms with E-state index in [1.165, 1.54) is 0 Å². The van der Waals surface area contributed by atoms with Gasteiger partial charge in [-0.2, -0.15) is 0 Å². The monoisotopic (exact) mass is 403 g/mol. The molecule has 0 bridgehead atoms. The minimum Gasteiger partial charge on any atom is -0.493 e. The summed E-state index contributed by atoms with van der Waals surface area (Å²) < 4.78 is 16.3. The first-order valence-electron chi connectivity index (χ1n) is 9.83. The van der Waals surface area contributed by atoms with Crippen LogP contribution in [0.1, 0.15) is 31.7 Å². The van der Waals surface area contributed by atoms with Crippen molar-refractivity contribution < 1.29 is 29.4 Å². The highest BCUT2D eigenvalue weighted by Crippen LogP contribution is 2.33. The zero-order chi connectivity index (χ0) is 21.2. The van der Waals surface area contributed by atoms with Crippen molar-refractivity contribution in [3.8, 4) is 22.6 Å². The molecule has 0 unspecified atom stereocenters. The van der Waals surface area contributed by atoms with E-state index in [-0.39, 0.29) is 25.5 Å². The molecular weight excluding hydrogens is 373 g/mol. The molecular formula is C21H30BNO6. The van der Waals surface area contributed by atoms with E-state index in [4.69, 9.17) is 14.1 Å². The van der Waals surface area contributed by atoms with Gasteiger partial charge in [-0.05, 0) is 49.0 Å². The maximum Gasteiger partial charge on any atom is 0.454 e. The predicted molar refractivity (Wildman–Crippen MR) is 112 cm³/mol. The fraction of sp³-hybridized carbons (Fsp3) is 0.476. The smallest absolute Gasteiger partial charge is 0.454 e. The Morgan fingerprint density at radius 3 is 2.59 bits per heavy atom. The van der Waals surface area contributed by atoms with E-state index in [0.717, 1.165) is 23.1 Å². The summed E-state index contributed by atoms with van der Waals surface area (Å²) in [7, 11) is 0.521. The van der Waals surface area contributed by atoms with Crippen LogP contribution in [0.25, 0.3) is 11.1 Å². The lowest BCUT2D eigenvalue weighted by Gasteiger charge is -2.18. The van der Waals surface area contributed by atoms with Gasteiger partial charge in [-0.3, -0.25) is 4.98 Å². The number of aromatic nitrogens is 1. The first-order valence-corrected chi connectivity index (χ1v) is 9.83. The Morgan fingerprint density at radius 1 is 1.14 bits per heavy atom. The van der Waals surface area contributed by atoms with Gasteiger partial charge < -0.3 is 29.4 Å². The van der Waals surface area contributed by atoms with E-state index < -0.39 is 13.2 Å². The summed E-state index contributed by atoms with van der Waals surface area (Å²) in [4.78, 5) is 4.30. The molecule has 0 amide bonds. The third-order valence-electron chi connectivity index (χ3n) is 4.43. The van der Waals surface area contributed by atoms with E-state index in [9.17, 15) is 15.2 Å². The molecule has 0 saturated heterocycles. The van der Waals surface area contributed by atoms with E-state index in [2.05, 4.69) is 4.98 Å². The lowest BCUT2D eigenvalue weighted by molar-refractivity contribution is 0.108. The van der Waals surface area contributed by atoms with Gasteiger partial charge in [0.15, 0.2) is 11.5 Å². The summed E-state index contributed by atoms with van der Waals surface area (Å²) in [6, 6.07) is 7.61. The fourth-order valence-electron chi connectivity index (χ4n) is 2.90. The van der Waals surface area contributed by atoms with Crippen molar-refractivity contribution in [3.05, 3.63) is 42.2 Å². The van der Waals surface area contributed by atoms with Crippen LogP contribution >= 0.6 is 0 Å². The molecule has 2 rings (SSSR count). The average Bonchev–Trinajstić information content (AvgIpc) is 2.74. The van der Waals surface area contributed by atoms with Gasteiger partial charge in [0.2, 0.25) is 0 Å². The van der Waals surface area contributed by atoms with E-state index in [0.29, 0.717) is 18.1 Å². The van der Waals surface area contributed by atoms with E-state index >= 15 is 0 Å². The second kappa shape index (κ2) is 11.8. The molecule has 0 saturated carbocycles. The zero-order valence-electron chi connectivity index (χ0n) is 17.2. The van der Waals surface area contributed by atoms with Gasteiger partial charge in [-0.1, -0.05) is 13.0 Å². The van der Waals surface area contributed by atoms with Crippen LogP contribution in [-0.2, 0) is 4.65 Å². The molecule has 0 radical (unpaired) electrons. The Kier molecular flexibility index (Phi) is 9.40. The molecule has 158 valence electrons. The first-order chi connectivity index (χ1) is 14.0. The molecule has 2 aromatic rings. The molecule has 1 aromatic carbocycles. The van der Waals surface area contributed by atoms with Crippen molar-refractivity contribution in [2.24, 2.45) is 0 Å². The van der Waals surface area contributed by atoms with Gasteiger partial charge in [-0.15, -0.1) is 0 Å². The van der Waals surface area contributed by atoms with Crippen molar-refractivity contribution in [1.29, 1.82) is 0 Å². The van der Waals surface area contributed by atoms with Crippen molar-refractivity contribution in [2.45, 2.75) is 38.6 Å². The fourth-order valence-corrected chi connectivity index (χ4v) is 2.90. The number of rotatable bonds is 12. The number of nitrogens with zero attached hydrogens (tertiary/aromatic N) is 1. The Hall–Kier alpha value is -2.13. The highest BCUT2D eigenvalue weighted by atomic mass is 16.5. The SMILES string of the molecule is CCCOc1cc(-c2cncc([C@H](CO)CB(O)OC[C@H](C)O)c2)ccc1OC. The number of aliphatic hydroxyl groups excluding tert-OH is 2. The van der Waals surface area contributed by atoms with Crippen molar-refractivity contribution in [2.75, 3.05) is 26.9 Å². The Balaban J connectivity index is 2.21. The molecule has 2 atom stereocenters. The minimum atomic E-state index is -1.08. The van der Waals surface area contributed by atoms with Gasteiger partial charge in [-0.25, -0.2) is 0 Å². The molecule has 1 aromatic heterocycles. The Labute approximate surface area is 172 Å². The van der Waals surface area contributed by atoms with Crippen LogP contribution in [0.15, 0.2) is 36.7 Å². The summed E-state index contributed by atoms with van der Waals surface area (Å²) in [5.41, 5.74) is 2.56. The van der Waals surface area contributed by atoms with Crippen LogP contribution in [0.4, 0.5) is 0 Å². The van der Waals surface area contributed by atoms with Crippen molar-refractivity contribution >= 4 is 7.12 Å². The van der Waals surface area contributed by atoms with Crippen LogP contribution in [0, 0.1) is 0 Å². The quantitative estimate of drug-likeness (QED) is 0.468. The molecule has 0 aliphatic rings. The molecule has 8 heteroatoms.